The van der Waals surface area contributed by atoms with Crippen LogP contribution in [0, 0.1) is 139 Å². The second-order valence-electron chi connectivity index (χ2n) is 21.0. The number of hydrogen-bond acceptors (Lipinski definition) is 2. The van der Waals surface area contributed by atoms with E-state index >= 15 is 35.1 Å². The molecule has 0 aliphatic carbocycles. The predicted molar refractivity (Wildman–Crippen MR) is 302 cm³/mol. The van der Waals surface area contributed by atoms with Crippen molar-refractivity contribution in [2.24, 2.45) is 0 Å². The molecular formula is C65H54BF20N2P. The minimum Gasteiger partial charge on any atom is -0.207 e. The lowest BCUT2D eigenvalue weighted by molar-refractivity contribution is 0.378. The van der Waals surface area contributed by atoms with Gasteiger partial charge in [-0.25, -0.2) is 87.8 Å². The number of unbranched alkanes of at least 4 members (excludes halogenated alkanes) is 15. The van der Waals surface area contributed by atoms with Crippen molar-refractivity contribution in [3.63, 3.8) is 0 Å². The van der Waals surface area contributed by atoms with E-state index in [1.54, 1.807) is 0 Å². The van der Waals surface area contributed by atoms with Crippen molar-refractivity contribution in [3.8, 4) is 12.1 Å². The van der Waals surface area contributed by atoms with Crippen LogP contribution in [-0.4, -0.2) is 12.3 Å². The number of rotatable bonds is 26. The highest BCUT2D eigenvalue weighted by molar-refractivity contribution is 7.95. The standard InChI is InChI=1S/C41H54N2P.C24BF20/c1-2-3-4-5-6-7-8-9-10-11-12-13-14-15-16-20-27-37(38(34-42)35-43)36-44(39-28-21-17-22-29-39,40-30-23-18-24-31-40)41-32-25-19-26-33-41;26-5-1(6(27)14(35)21(42)13(5)34)25(2-7(28)15(36)22(43)16(37)8(2)29,3-9(30)17(38)23(44)18(39)10(3)31)4-11(32)19(40)24(45)20(41)12(4)33/h17-19,21-26,28-33H,2-16,20,27,36H2,1H3;/q+1;-1. The van der Waals surface area contributed by atoms with Crippen molar-refractivity contribution in [1.29, 1.82) is 10.5 Å². The zero-order valence-corrected chi connectivity index (χ0v) is 48.3. The summed E-state index contributed by atoms with van der Waals surface area (Å²) in [4.78, 5) is 0. The Labute approximate surface area is 500 Å². The summed E-state index contributed by atoms with van der Waals surface area (Å²) in [5.41, 5.74) is -13.0. The van der Waals surface area contributed by atoms with E-state index in [1.807, 2.05) is 0 Å². The minimum atomic E-state index is -7.22. The van der Waals surface area contributed by atoms with Gasteiger partial charge in [0, 0.05) is 0 Å². The van der Waals surface area contributed by atoms with Gasteiger partial charge >= 0.3 is 0 Å². The maximum atomic E-state index is 15.4. The number of halogens is 20. The highest BCUT2D eigenvalue weighted by Crippen LogP contribution is 2.57. The quantitative estimate of drug-likeness (QED) is 0.0103. The lowest BCUT2D eigenvalue weighted by atomic mass is 9.12. The van der Waals surface area contributed by atoms with Gasteiger partial charge in [0.15, 0.2) is 69.8 Å². The second-order valence-corrected chi connectivity index (χ2v) is 24.5. The van der Waals surface area contributed by atoms with Crippen molar-refractivity contribution in [1.82, 2.24) is 0 Å². The summed E-state index contributed by atoms with van der Waals surface area (Å²) in [6, 6.07) is 36.8. The number of benzene rings is 7. The average Bonchev–Trinajstić information content (AvgIpc) is 0.730. The van der Waals surface area contributed by atoms with Gasteiger partial charge in [-0.05, 0) is 54.8 Å². The van der Waals surface area contributed by atoms with E-state index in [1.165, 1.54) is 106 Å². The summed E-state index contributed by atoms with van der Waals surface area (Å²) in [6.07, 6.45) is 15.7. The molecule has 472 valence electrons. The van der Waals surface area contributed by atoms with Gasteiger partial charge in [-0.1, -0.05) is 158 Å². The molecule has 0 spiro atoms. The van der Waals surface area contributed by atoms with Crippen LogP contribution in [0.15, 0.2) is 102 Å². The summed E-state index contributed by atoms with van der Waals surface area (Å²) in [5, 5.41) is 23.9. The lowest BCUT2D eigenvalue weighted by Gasteiger charge is -2.44. The zero-order chi connectivity index (χ0) is 65.5. The topological polar surface area (TPSA) is 47.6 Å². The Morgan fingerprint density at radius 1 is 0.303 bits per heavy atom. The van der Waals surface area contributed by atoms with Crippen molar-refractivity contribution >= 4 is 51.2 Å². The predicted octanol–water partition coefficient (Wildman–Crippen LogP) is 16.8. The molecule has 7 aromatic carbocycles. The van der Waals surface area contributed by atoms with E-state index in [2.05, 4.69) is 110 Å². The fourth-order valence-corrected chi connectivity index (χ4v) is 15.7. The van der Waals surface area contributed by atoms with Crippen LogP contribution in [0.25, 0.3) is 0 Å². The van der Waals surface area contributed by atoms with Crippen molar-refractivity contribution in [3.05, 3.63) is 218 Å². The smallest absolute Gasteiger partial charge is 0.200 e. The number of hydrogen-bond donors (Lipinski definition) is 0. The third kappa shape index (κ3) is 14.4. The molecule has 89 heavy (non-hydrogen) atoms. The molecule has 0 heterocycles. The maximum Gasteiger partial charge on any atom is 0.200 e. The largest absolute Gasteiger partial charge is 0.207 e. The van der Waals surface area contributed by atoms with E-state index in [4.69, 9.17) is 0 Å². The Bertz CT molecular complexity index is 3250. The first-order valence-corrected chi connectivity index (χ1v) is 30.2. The molecule has 0 atom stereocenters. The molecule has 0 N–H and O–H groups in total. The SMILES string of the molecule is CCCCCCCCCCCCCCCCCCC(C[P+](c1ccccc1)(c1ccccc1)c1ccccc1)=C(C#N)C#N.Fc1c(F)c(F)c([B-](c2c(F)c(F)c(F)c(F)c2F)(c2c(F)c(F)c(F)c(F)c2F)c2c(F)c(F)c(F)c(F)c2F)c(F)c1F. The molecule has 0 aromatic heterocycles. The highest BCUT2D eigenvalue weighted by atomic mass is 31.2. The van der Waals surface area contributed by atoms with Gasteiger partial charge in [0.1, 0.15) is 93.6 Å². The number of nitriles is 2. The Morgan fingerprint density at radius 2 is 0.506 bits per heavy atom. The molecular weight excluding hydrogens is 1230 g/mol. The Balaban J connectivity index is 0.000000284. The van der Waals surface area contributed by atoms with Crippen molar-refractivity contribution < 1.29 is 87.8 Å². The van der Waals surface area contributed by atoms with Gasteiger partial charge in [0.05, 0.1) is 6.16 Å². The first-order valence-electron chi connectivity index (χ1n) is 28.3. The van der Waals surface area contributed by atoms with Crippen LogP contribution in [-0.2, 0) is 0 Å². The molecule has 0 saturated heterocycles. The number of nitrogens with zero attached hydrogens (tertiary/aromatic N) is 2. The summed E-state index contributed by atoms with van der Waals surface area (Å²) >= 11 is 0. The molecule has 0 aliphatic rings. The van der Waals surface area contributed by atoms with E-state index in [0.717, 1.165) is 31.0 Å². The van der Waals surface area contributed by atoms with Gasteiger partial charge in [-0.2, -0.15) is 10.5 Å². The molecule has 2 nitrogen and oxygen atoms in total. The molecule has 0 bridgehead atoms. The first kappa shape index (κ1) is 70.4. The van der Waals surface area contributed by atoms with Gasteiger partial charge in [-0.15, -0.1) is 21.9 Å². The monoisotopic (exact) mass is 1280 g/mol. The van der Waals surface area contributed by atoms with Crippen LogP contribution in [0.1, 0.15) is 116 Å². The van der Waals surface area contributed by atoms with Crippen LogP contribution >= 0.6 is 7.26 Å². The fourth-order valence-electron chi connectivity index (χ4n) is 11.3. The van der Waals surface area contributed by atoms with Crippen LogP contribution in [0.2, 0.25) is 0 Å². The highest BCUT2D eigenvalue weighted by Gasteiger charge is 2.53. The third-order valence-electron chi connectivity index (χ3n) is 15.6. The van der Waals surface area contributed by atoms with Gasteiger partial charge in [0.2, 0.25) is 0 Å². The van der Waals surface area contributed by atoms with E-state index in [-0.39, 0.29) is 0 Å². The van der Waals surface area contributed by atoms with Gasteiger partial charge < -0.3 is 0 Å². The molecule has 0 radical (unpaired) electrons. The zero-order valence-electron chi connectivity index (χ0n) is 47.4. The van der Waals surface area contributed by atoms with Crippen LogP contribution in [0.5, 0.6) is 0 Å². The Hall–Kier alpha value is -7.65. The Morgan fingerprint density at radius 3 is 0.719 bits per heavy atom. The fraction of sp³-hybridized carbons (Fsp3) is 0.292. The summed E-state index contributed by atoms with van der Waals surface area (Å²) in [5.74, 6) is -71.4. The van der Waals surface area contributed by atoms with Crippen LogP contribution in [0.4, 0.5) is 87.8 Å². The third-order valence-corrected chi connectivity index (χ3v) is 20.0. The van der Waals surface area contributed by atoms with Crippen molar-refractivity contribution in [2.45, 2.75) is 116 Å². The molecule has 0 amide bonds. The average molecular weight is 1280 g/mol. The van der Waals surface area contributed by atoms with Crippen LogP contribution < -0.4 is 37.8 Å². The maximum absolute atomic E-state index is 15.4. The molecule has 0 fully saturated rings. The van der Waals surface area contributed by atoms with Crippen molar-refractivity contribution in [2.75, 3.05) is 6.16 Å². The summed E-state index contributed by atoms with van der Waals surface area (Å²) < 4.78 is 294. The molecule has 0 saturated carbocycles. The molecule has 24 heteroatoms. The Kier molecular flexibility index (Phi) is 25.1. The van der Waals surface area contributed by atoms with Crippen LogP contribution in [0.3, 0.4) is 0 Å². The molecule has 0 aliphatic heterocycles. The van der Waals surface area contributed by atoms with Gasteiger partial charge in [-0.3, -0.25) is 0 Å². The summed E-state index contributed by atoms with van der Waals surface area (Å²) in [7, 11) is -2.14. The lowest BCUT2D eigenvalue weighted by Crippen LogP contribution is -2.81. The second kappa shape index (κ2) is 31.7. The normalized spacial score (nSPS) is 11.5. The minimum absolute atomic E-state index is 0.304. The van der Waals surface area contributed by atoms with E-state index in [9.17, 15) is 63.2 Å². The molecule has 0 unspecified atom stereocenters. The van der Waals surface area contributed by atoms with E-state index in [0.29, 0.717) is 5.57 Å². The first-order chi connectivity index (χ1) is 42.5. The molecule has 7 aromatic rings. The van der Waals surface area contributed by atoms with E-state index < -0.39 is 152 Å². The molecule has 7 rings (SSSR count). The summed E-state index contributed by atoms with van der Waals surface area (Å²) in [6.45, 7) is 2.28. The van der Waals surface area contributed by atoms with Gasteiger partial charge in [0.25, 0.3) is 0 Å². The number of allylic oxidation sites excluding steroid dienone is 2.